The number of nitrogens with one attached hydrogen (secondary N) is 1. The molecule has 0 aliphatic carbocycles. The predicted octanol–water partition coefficient (Wildman–Crippen LogP) is 2.32. The number of carbonyl (C=O) groups excluding carboxylic acids is 1. The fourth-order valence-electron chi connectivity index (χ4n) is 2.72. The molecule has 1 heterocycles. The van der Waals surface area contributed by atoms with Crippen LogP contribution in [0.3, 0.4) is 0 Å². The lowest BCUT2D eigenvalue weighted by Gasteiger charge is -2.39. The number of carboxylic acid groups (broad SMARTS) is 1. The van der Waals surface area contributed by atoms with Crippen LogP contribution in [-0.4, -0.2) is 40.6 Å². The molecule has 0 aromatic heterocycles. The van der Waals surface area contributed by atoms with Crippen LogP contribution in [0.25, 0.3) is 0 Å². The van der Waals surface area contributed by atoms with Crippen LogP contribution in [0.15, 0.2) is 0 Å². The number of hydrogen-bond donors (Lipinski definition) is 2. The van der Waals surface area contributed by atoms with Crippen LogP contribution < -0.4 is 5.32 Å². The molecule has 0 aromatic rings. The van der Waals surface area contributed by atoms with Crippen molar-refractivity contribution in [2.45, 2.75) is 59.0 Å². The monoisotopic (exact) mass is 270 g/mol. The Balaban J connectivity index is 2.56. The number of piperidine rings is 1. The van der Waals surface area contributed by atoms with E-state index in [1.165, 1.54) is 0 Å². The van der Waals surface area contributed by atoms with E-state index in [0.29, 0.717) is 0 Å². The number of carboxylic acids is 1. The molecule has 5 nitrogen and oxygen atoms in total. The predicted molar refractivity (Wildman–Crippen MR) is 74.0 cm³/mol. The van der Waals surface area contributed by atoms with E-state index in [4.69, 9.17) is 5.11 Å². The summed E-state index contributed by atoms with van der Waals surface area (Å²) in [6.45, 7) is 8.01. The summed E-state index contributed by atoms with van der Waals surface area (Å²) >= 11 is 0. The minimum Gasteiger partial charge on any atom is -0.481 e. The van der Waals surface area contributed by atoms with E-state index in [-0.39, 0.29) is 30.6 Å². The second-order valence-corrected chi connectivity index (χ2v) is 5.91. The molecule has 1 saturated heterocycles. The van der Waals surface area contributed by atoms with Crippen LogP contribution in [0.4, 0.5) is 4.79 Å². The number of carbonyl (C=O) groups is 2. The SMILES string of the molecule is CC(C)C(CNC(=O)N1C(C)CCCC1C)C(=O)O. The summed E-state index contributed by atoms with van der Waals surface area (Å²) in [5.41, 5.74) is 0. The van der Waals surface area contributed by atoms with E-state index >= 15 is 0 Å². The van der Waals surface area contributed by atoms with E-state index in [2.05, 4.69) is 5.32 Å². The number of rotatable bonds is 4. The summed E-state index contributed by atoms with van der Waals surface area (Å²) in [7, 11) is 0. The third kappa shape index (κ3) is 4.11. The molecule has 1 fully saturated rings. The Bertz CT molecular complexity index is 321. The highest BCUT2D eigenvalue weighted by Crippen LogP contribution is 2.22. The van der Waals surface area contributed by atoms with Gasteiger partial charge in [-0.2, -0.15) is 0 Å². The number of likely N-dealkylation sites (tertiary alicyclic amines) is 1. The molecular formula is C14H26N2O3. The maximum absolute atomic E-state index is 12.2. The van der Waals surface area contributed by atoms with Crippen LogP contribution in [-0.2, 0) is 4.79 Å². The highest BCUT2D eigenvalue weighted by Gasteiger charge is 2.30. The first-order valence-electron chi connectivity index (χ1n) is 7.13. The second kappa shape index (κ2) is 6.78. The molecule has 1 aliphatic heterocycles. The zero-order chi connectivity index (χ0) is 14.6. The minimum absolute atomic E-state index is 0.00834. The van der Waals surface area contributed by atoms with Crippen molar-refractivity contribution in [1.29, 1.82) is 0 Å². The zero-order valence-corrected chi connectivity index (χ0v) is 12.3. The van der Waals surface area contributed by atoms with Crippen LogP contribution in [0.1, 0.15) is 47.0 Å². The van der Waals surface area contributed by atoms with E-state index < -0.39 is 11.9 Å². The summed E-state index contributed by atoms with van der Waals surface area (Å²) in [6, 6.07) is 0.323. The summed E-state index contributed by atoms with van der Waals surface area (Å²) in [5, 5.41) is 11.9. The third-order valence-electron chi connectivity index (χ3n) is 4.02. The normalized spacial score (nSPS) is 25.2. The van der Waals surface area contributed by atoms with E-state index in [1.807, 2.05) is 32.6 Å². The molecule has 2 amide bonds. The Hall–Kier alpha value is -1.26. The fourth-order valence-corrected chi connectivity index (χ4v) is 2.72. The smallest absolute Gasteiger partial charge is 0.317 e. The van der Waals surface area contributed by atoms with Crippen molar-refractivity contribution >= 4 is 12.0 Å². The van der Waals surface area contributed by atoms with Gasteiger partial charge in [0.25, 0.3) is 0 Å². The first-order valence-corrected chi connectivity index (χ1v) is 7.13. The molecule has 0 aromatic carbocycles. The lowest BCUT2D eigenvalue weighted by Crippen LogP contribution is -2.53. The molecule has 0 radical (unpaired) electrons. The van der Waals surface area contributed by atoms with Crippen molar-refractivity contribution in [3.63, 3.8) is 0 Å². The Morgan fingerprint density at radius 2 is 1.79 bits per heavy atom. The van der Waals surface area contributed by atoms with Gasteiger partial charge in [-0.15, -0.1) is 0 Å². The molecule has 19 heavy (non-hydrogen) atoms. The summed E-state index contributed by atoms with van der Waals surface area (Å²) in [6.07, 6.45) is 3.18. The van der Waals surface area contributed by atoms with Gasteiger partial charge in [-0.05, 0) is 39.0 Å². The summed E-state index contributed by atoms with van der Waals surface area (Å²) in [5.74, 6) is -1.37. The molecule has 0 saturated carbocycles. The third-order valence-corrected chi connectivity index (χ3v) is 4.02. The van der Waals surface area contributed by atoms with Gasteiger partial charge in [-0.3, -0.25) is 4.79 Å². The molecule has 1 aliphatic rings. The quantitative estimate of drug-likeness (QED) is 0.823. The van der Waals surface area contributed by atoms with Crippen molar-refractivity contribution < 1.29 is 14.7 Å². The Kier molecular flexibility index (Phi) is 5.63. The van der Waals surface area contributed by atoms with Gasteiger partial charge in [0.1, 0.15) is 0 Å². The molecular weight excluding hydrogens is 244 g/mol. The maximum atomic E-state index is 12.2. The van der Waals surface area contributed by atoms with E-state index in [1.54, 1.807) is 0 Å². The summed E-state index contributed by atoms with van der Waals surface area (Å²) in [4.78, 5) is 25.1. The largest absolute Gasteiger partial charge is 0.481 e. The van der Waals surface area contributed by atoms with Crippen LogP contribution in [0.2, 0.25) is 0 Å². The van der Waals surface area contributed by atoms with Crippen LogP contribution in [0.5, 0.6) is 0 Å². The lowest BCUT2D eigenvalue weighted by molar-refractivity contribution is -0.142. The first-order chi connectivity index (χ1) is 8.84. The molecule has 5 heteroatoms. The highest BCUT2D eigenvalue weighted by molar-refractivity contribution is 5.76. The highest BCUT2D eigenvalue weighted by atomic mass is 16.4. The Morgan fingerprint density at radius 3 is 2.21 bits per heavy atom. The Morgan fingerprint density at radius 1 is 1.26 bits per heavy atom. The number of aliphatic carboxylic acids is 1. The van der Waals surface area contributed by atoms with Gasteiger partial charge in [0.05, 0.1) is 5.92 Å². The van der Waals surface area contributed by atoms with Gasteiger partial charge in [-0.1, -0.05) is 13.8 Å². The average Bonchev–Trinajstić information content (AvgIpc) is 2.27. The molecule has 0 bridgehead atoms. The average molecular weight is 270 g/mol. The first kappa shape index (κ1) is 15.8. The van der Waals surface area contributed by atoms with E-state index in [9.17, 15) is 9.59 Å². The number of urea groups is 1. The second-order valence-electron chi connectivity index (χ2n) is 5.91. The zero-order valence-electron chi connectivity index (χ0n) is 12.3. The molecule has 1 rings (SSSR count). The van der Waals surface area contributed by atoms with Crippen molar-refractivity contribution in [1.82, 2.24) is 10.2 Å². The van der Waals surface area contributed by atoms with Gasteiger partial charge >= 0.3 is 12.0 Å². The Labute approximate surface area is 115 Å². The van der Waals surface area contributed by atoms with Crippen LogP contribution in [0, 0.1) is 11.8 Å². The number of hydrogen-bond acceptors (Lipinski definition) is 2. The molecule has 3 unspecified atom stereocenters. The molecule has 0 spiro atoms. The molecule has 3 atom stereocenters. The molecule has 110 valence electrons. The minimum atomic E-state index is -0.852. The van der Waals surface area contributed by atoms with Gasteiger partial charge in [0, 0.05) is 18.6 Å². The molecule has 2 N–H and O–H groups in total. The van der Waals surface area contributed by atoms with Crippen molar-refractivity contribution in [2.24, 2.45) is 11.8 Å². The lowest BCUT2D eigenvalue weighted by atomic mass is 9.96. The fraction of sp³-hybridized carbons (Fsp3) is 0.857. The van der Waals surface area contributed by atoms with Gasteiger partial charge < -0.3 is 15.3 Å². The standard InChI is InChI=1S/C14H26N2O3/c1-9(2)12(13(17)18)8-15-14(19)16-10(3)6-5-7-11(16)4/h9-12H,5-8H2,1-4H3,(H,15,19)(H,17,18). The summed E-state index contributed by atoms with van der Waals surface area (Å²) < 4.78 is 0. The van der Waals surface area contributed by atoms with Gasteiger partial charge in [-0.25, -0.2) is 4.79 Å². The topological polar surface area (TPSA) is 69.6 Å². The van der Waals surface area contributed by atoms with Crippen LogP contribution >= 0.6 is 0 Å². The van der Waals surface area contributed by atoms with E-state index in [0.717, 1.165) is 19.3 Å². The van der Waals surface area contributed by atoms with Gasteiger partial charge in [0.15, 0.2) is 0 Å². The van der Waals surface area contributed by atoms with Crippen molar-refractivity contribution in [2.75, 3.05) is 6.54 Å². The van der Waals surface area contributed by atoms with Crippen molar-refractivity contribution in [3.8, 4) is 0 Å². The van der Waals surface area contributed by atoms with Crippen molar-refractivity contribution in [3.05, 3.63) is 0 Å². The number of amides is 2. The number of nitrogens with zero attached hydrogens (tertiary/aromatic N) is 1. The maximum Gasteiger partial charge on any atom is 0.317 e. The van der Waals surface area contributed by atoms with Gasteiger partial charge in [0.2, 0.25) is 0 Å².